The van der Waals surface area contributed by atoms with Gasteiger partial charge in [-0.05, 0) is 58.4 Å². The molecule has 1 amide bonds. The average molecular weight is 413 g/mol. The summed E-state index contributed by atoms with van der Waals surface area (Å²) in [6.07, 6.45) is 0. The van der Waals surface area contributed by atoms with Crippen LogP contribution in [0.4, 0.5) is 5.69 Å². The molecule has 0 heterocycles. The van der Waals surface area contributed by atoms with Crippen LogP contribution in [0.5, 0.6) is 0 Å². The third-order valence-electron chi connectivity index (χ3n) is 2.75. The Morgan fingerprint density at radius 2 is 1.62 bits per heavy atom. The summed E-state index contributed by atoms with van der Waals surface area (Å²) in [7, 11) is 1.31. The first-order valence-electron chi connectivity index (χ1n) is 5.96. The van der Waals surface area contributed by atoms with Crippen LogP contribution in [0.1, 0.15) is 20.7 Å². The van der Waals surface area contributed by atoms with Crippen molar-refractivity contribution < 1.29 is 14.3 Å². The van der Waals surface area contributed by atoms with Crippen LogP contribution in [-0.2, 0) is 4.74 Å². The number of carbonyl (C=O) groups is 2. The van der Waals surface area contributed by atoms with Crippen LogP contribution in [-0.4, -0.2) is 19.0 Å². The van der Waals surface area contributed by atoms with Crippen LogP contribution < -0.4 is 5.32 Å². The molecule has 0 saturated heterocycles. The maximum absolute atomic E-state index is 12.1. The molecule has 0 aliphatic heterocycles. The molecule has 2 rings (SSSR count). The number of amides is 1. The van der Waals surface area contributed by atoms with Gasteiger partial charge < -0.3 is 10.1 Å². The van der Waals surface area contributed by atoms with Crippen LogP contribution in [0.3, 0.4) is 0 Å². The van der Waals surface area contributed by atoms with Crippen LogP contribution in [0.15, 0.2) is 51.4 Å². The Balaban J connectivity index is 2.15. The van der Waals surface area contributed by atoms with E-state index in [9.17, 15) is 9.59 Å². The number of carbonyl (C=O) groups excluding carboxylic acids is 2. The van der Waals surface area contributed by atoms with Gasteiger partial charge in [-0.15, -0.1) is 0 Å². The van der Waals surface area contributed by atoms with E-state index >= 15 is 0 Å². The lowest BCUT2D eigenvalue weighted by Gasteiger charge is -2.08. The van der Waals surface area contributed by atoms with E-state index in [1.165, 1.54) is 7.11 Å². The first-order valence-corrected chi connectivity index (χ1v) is 7.54. The number of anilines is 1. The Labute approximate surface area is 138 Å². The number of esters is 1. The first-order chi connectivity index (χ1) is 10.0. The lowest BCUT2D eigenvalue weighted by molar-refractivity contribution is 0.0600. The summed E-state index contributed by atoms with van der Waals surface area (Å²) < 4.78 is 6.30. The Morgan fingerprint density at radius 3 is 2.19 bits per heavy atom. The maximum Gasteiger partial charge on any atom is 0.337 e. The molecule has 21 heavy (non-hydrogen) atoms. The van der Waals surface area contributed by atoms with Crippen molar-refractivity contribution in [2.75, 3.05) is 12.4 Å². The van der Waals surface area contributed by atoms with Gasteiger partial charge in [0.1, 0.15) is 0 Å². The highest BCUT2D eigenvalue weighted by molar-refractivity contribution is 9.11. The second-order valence-corrected chi connectivity index (χ2v) is 5.92. The van der Waals surface area contributed by atoms with Gasteiger partial charge in [0, 0.05) is 14.5 Å². The molecular formula is C15H11Br2NO3. The number of benzene rings is 2. The van der Waals surface area contributed by atoms with Gasteiger partial charge in [0.15, 0.2) is 0 Å². The number of rotatable bonds is 3. The highest BCUT2D eigenvalue weighted by Crippen LogP contribution is 2.26. The van der Waals surface area contributed by atoms with Crippen molar-refractivity contribution in [3.05, 3.63) is 62.5 Å². The molecule has 0 unspecified atom stereocenters. The molecule has 0 aliphatic carbocycles. The summed E-state index contributed by atoms with van der Waals surface area (Å²) in [5.41, 5.74) is 1.52. The summed E-state index contributed by atoms with van der Waals surface area (Å²) in [5, 5.41) is 2.79. The van der Waals surface area contributed by atoms with Crippen LogP contribution in [0.25, 0.3) is 0 Å². The number of halogens is 2. The zero-order valence-electron chi connectivity index (χ0n) is 11.0. The summed E-state index contributed by atoms with van der Waals surface area (Å²) in [5.74, 6) is -0.688. The molecule has 0 saturated carbocycles. The Hall–Kier alpha value is -1.66. The zero-order chi connectivity index (χ0) is 15.4. The van der Waals surface area contributed by atoms with Crippen molar-refractivity contribution >= 4 is 49.4 Å². The highest BCUT2D eigenvalue weighted by Gasteiger charge is 2.10. The van der Waals surface area contributed by atoms with E-state index in [2.05, 4.69) is 41.9 Å². The second kappa shape index (κ2) is 6.87. The molecule has 0 fully saturated rings. The van der Waals surface area contributed by atoms with Gasteiger partial charge >= 0.3 is 5.97 Å². The van der Waals surface area contributed by atoms with Crippen molar-refractivity contribution in [3.8, 4) is 0 Å². The molecule has 0 radical (unpaired) electrons. The minimum Gasteiger partial charge on any atom is -0.465 e. The molecule has 2 aromatic rings. The molecule has 0 aromatic heterocycles. The fourth-order valence-corrected chi connectivity index (χ4v) is 2.81. The highest BCUT2D eigenvalue weighted by atomic mass is 79.9. The Bertz CT molecular complexity index is 684. The van der Waals surface area contributed by atoms with E-state index in [1.54, 1.807) is 30.3 Å². The molecule has 108 valence electrons. The van der Waals surface area contributed by atoms with Crippen molar-refractivity contribution in [1.29, 1.82) is 0 Å². The number of methoxy groups -OCH3 is 1. The number of ether oxygens (including phenoxy) is 1. The number of nitrogens with one attached hydrogen (secondary N) is 1. The van der Waals surface area contributed by atoms with E-state index in [0.29, 0.717) is 16.8 Å². The van der Waals surface area contributed by atoms with Gasteiger partial charge in [0.25, 0.3) is 5.91 Å². The standard InChI is InChI=1S/C15H11Br2NO3/c1-21-15(20)10-4-2-9(3-5-10)14(19)18-13-7-6-11(16)8-12(13)17/h2-8H,1H3,(H,18,19). The quantitative estimate of drug-likeness (QED) is 0.766. The summed E-state index contributed by atoms with van der Waals surface area (Å²) in [4.78, 5) is 23.5. The van der Waals surface area contributed by atoms with Gasteiger partial charge in [-0.25, -0.2) is 4.79 Å². The molecule has 0 bridgehead atoms. The maximum atomic E-state index is 12.1. The normalized spacial score (nSPS) is 10.0. The van der Waals surface area contributed by atoms with Crippen molar-refractivity contribution in [2.24, 2.45) is 0 Å². The smallest absolute Gasteiger partial charge is 0.337 e. The van der Waals surface area contributed by atoms with Gasteiger partial charge in [0.2, 0.25) is 0 Å². The topological polar surface area (TPSA) is 55.4 Å². The van der Waals surface area contributed by atoms with Crippen molar-refractivity contribution in [1.82, 2.24) is 0 Å². The van der Waals surface area contributed by atoms with E-state index in [1.807, 2.05) is 12.1 Å². The third-order valence-corrected chi connectivity index (χ3v) is 3.90. The van der Waals surface area contributed by atoms with E-state index in [0.717, 1.165) is 8.95 Å². The minimum absolute atomic E-state index is 0.255. The van der Waals surface area contributed by atoms with E-state index in [4.69, 9.17) is 0 Å². The summed E-state index contributed by atoms with van der Waals surface area (Å²) >= 11 is 6.73. The lowest BCUT2D eigenvalue weighted by Crippen LogP contribution is -2.12. The molecule has 4 nitrogen and oxygen atoms in total. The third kappa shape index (κ3) is 3.92. The van der Waals surface area contributed by atoms with Crippen LogP contribution in [0.2, 0.25) is 0 Å². The molecule has 1 N–H and O–H groups in total. The van der Waals surface area contributed by atoms with E-state index < -0.39 is 5.97 Å². The van der Waals surface area contributed by atoms with Gasteiger partial charge in [-0.1, -0.05) is 15.9 Å². The fraction of sp³-hybridized carbons (Fsp3) is 0.0667. The summed E-state index contributed by atoms with van der Waals surface area (Å²) in [6.45, 7) is 0. The van der Waals surface area contributed by atoms with Gasteiger partial charge in [0.05, 0.1) is 18.4 Å². The predicted octanol–water partition coefficient (Wildman–Crippen LogP) is 4.25. The van der Waals surface area contributed by atoms with Gasteiger partial charge in [-0.2, -0.15) is 0 Å². The van der Waals surface area contributed by atoms with Crippen molar-refractivity contribution in [3.63, 3.8) is 0 Å². The Morgan fingerprint density at radius 1 is 1.00 bits per heavy atom. The van der Waals surface area contributed by atoms with Gasteiger partial charge in [-0.3, -0.25) is 4.79 Å². The lowest BCUT2D eigenvalue weighted by atomic mass is 10.1. The largest absolute Gasteiger partial charge is 0.465 e. The van der Waals surface area contributed by atoms with Crippen molar-refractivity contribution in [2.45, 2.75) is 0 Å². The molecule has 0 aliphatic rings. The molecule has 6 heteroatoms. The first kappa shape index (κ1) is 15.7. The molecule has 0 atom stereocenters. The minimum atomic E-state index is -0.433. The monoisotopic (exact) mass is 411 g/mol. The fourth-order valence-electron chi connectivity index (χ4n) is 1.66. The zero-order valence-corrected chi connectivity index (χ0v) is 14.2. The average Bonchev–Trinajstić information content (AvgIpc) is 2.49. The number of hydrogen-bond donors (Lipinski definition) is 1. The number of hydrogen-bond acceptors (Lipinski definition) is 3. The molecular weight excluding hydrogens is 402 g/mol. The van der Waals surface area contributed by atoms with E-state index in [-0.39, 0.29) is 5.91 Å². The molecule has 0 spiro atoms. The van der Waals surface area contributed by atoms with Crippen LogP contribution in [0, 0.1) is 0 Å². The SMILES string of the molecule is COC(=O)c1ccc(C(=O)Nc2ccc(Br)cc2Br)cc1. The summed E-state index contributed by atoms with van der Waals surface area (Å²) in [6, 6.07) is 11.7. The second-order valence-electron chi connectivity index (χ2n) is 4.15. The van der Waals surface area contributed by atoms with Crippen LogP contribution >= 0.6 is 31.9 Å². The molecule has 2 aromatic carbocycles. The Kier molecular flexibility index (Phi) is 5.14. The predicted molar refractivity (Wildman–Crippen MR) is 87.6 cm³/mol.